The summed E-state index contributed by atoms with van der Waals surface area (Å²) in [6.45, 7) is 3.74. The molecule has 0 aliphatic carbocycles. The molecule has 130 valence electrons. The topological polar surface area (TPSA) is 68.4 Å². The Morgan fingerprint density at radius 1 is 1.24 bits per heavy atom. The van der Waals surface area contributed by atoms with Gasteiger partial charge in [0.1, 0.15) is 12.4 Å². The van der Waals surface area contributed by atoms with Crippen molar-refractivity contribution in [3.63, 3.8) is 0 Å². The van der Waals surface area contributed by atoms with E-state index in [2.05, 4.69) is 10.4 Å². The molecule has 0 radical (unpaired) electrons. The van der Waals surface area contributed by atoms with Crippen molar-refractivity contribution in [2.75, 3.05) is 0 Å². The van der Waals surface area contributed by atoms with Crippen LogP contribution in [0.1, 0.15) is 25.5 Å². The number of rotatable bonds is 5. The van der Waals surface area contributed by atoms with Gasteiger partial charge in [0, 0.05) is 6.20 Å². The van der Waals surface area contributed by atoms with Crippen LogP contribution in [0.25, 0.3) is 5.52 Å². The molecule has 0 saturated carbocycles. The van der Waals surface area contributed by atoms with Crippen LogP contribution in [0.4, 0.5) is 4.39 Å². The van der Waals surface area contributed by atoms with Crippen molar-refractivity contribution in [3.05, 3.63) is 70.7 Å². The number of fused-ring (bicyclic) bond motifs is 1. The fourth-order valence-corrected chi connectivity index (χ4v) is 2.74. The molecule has 6 nitrogen and oxygen atoms in total. The second-order valence-electron chi connectivity index (χ2n) is 6.23. The van der Waals surface area contributed by atoms with Crippen LogP contribution in [0.15, 0.2) is 53.6 Å². The molecule has 0 aliphatic heterocycles. The second kappa shape index (κ2) is 6.88. The molecule has 0 fully saturated rings. The van der Waals surface area contributed by atoms with E-state index in [-0.39, 0.29) is 35.9 Å². The Kier molecular flexibility index (Phi) is 4.65. The fraction of sp³-hybridized carbons (Fsp3) is 0.278. The standard InChI is InChI=1S/C18H19FN4O2/c1-12(2)17(13-5-7-14(19)8-6-13)21-16(24)11-23-18(25)22-9-3-4-15(22)10-20-23/h3-10,12,17H,11H2,1-2H3,(H,21,24)/t17-/m0/s1. The van der Waals surface area contributed by atoms with Crippen molar-refractivity contribution in [2.24, 2.45) is 5.92 Å². The minimum Gasteiger partial charge on any atom is -0.347 e. The van der Waals surface area contributed by atoms with Crippen molar-refractivity contribution in [2.45, 2.75) is 26.4 Å². The molecule has 0 unspecified atom stereocenters. The van der Waals surface area contributed by atoms with Crippen molar-refractivity contribution >= 4 is 11.4 Å². The molecule has 25 heavy (non-hydrogen) atoms. The molecule has 0 bridgehead atoms. The number of hydrogen-bond donors (Lipinski definition) is 1. The largest absolute Gasteiger partial charge is 0.349 e. The number of carbonyl (C=O) groups excluding carboxylic acids is 1. The third kappa shape index (κ3) is 3.60. The lowest BCUT2D eigenvalue weighted by molar-refractivity contribution is -0.123. The van der Waals surface area contributed by atoms with Crippen molar-refractivity contribution < 1.29 is 9.18 Å². The molecule has 7 heteroatoms. The van der Waals surface area contributed by atoms with Gasteiger partial charge in [-0.15, -0.1) is 0 Å². The highest BCUT2D eigenvalue weighted by atomic mass is 19.1. The predicted molar refractivity (Wildman–Crippen MR) is 91.6 cm³/mol. The van der Waals surface area contributed by atoms with Gasteiger partial charge in [-0.1, -0.05) is 26.0 Å². The number of aromatic nitrogens is 3. The third-order valence-electron chi connectivity index (χ3n) is 4.04. The Labute approximate surface area is 143 Å². The van der Waals surface area contributed by atoms with E-state index < -0.39 is 0 Å². The maximum atomic E-state index is 13.1. The first-order chi connectivity index (χ1) is 12.0. The zero-order valence-corrected chi connectivity index (χ0v) is 14.0. The van der Waals surface area contributed by atoms with Crippen LogP contribution in [0.2, 0.25) is 0 Å². The van der Waals surface area contributed by atoms with Crippen LogP contribution < -0.4 is 11.0 Å². The minimum absolute atomic E-state index is 0.103. The average molecular weight is 342 g/mol. The maximum absolute atomic E-state index is 13.1. The zero-order valence-electron chi connectivity index (χ0n) is 14.0. The first-order valence-electron chi connectivity index (χ1n) is 8.03. The quantitative estimate of drug-likeness (QED) is 0.772. The van der Waals surface area contributed by atoms with Crippen LogP contribution in [-0.2, 0) is 11.3 Å². The molecule has 1 aromatic carbocycles. The van der Waals surface area contributed by atoms with Gasteiger partial charge in [-0.05, 0) is 35.7 Å². The molecule has 0 aliphatic rings. The van der Waals surface area contributed by atoms with E-state index in [0.717, 1.165) is 10.2 Å². The van der Waals surface area contributed by atoms with Gasteiger partial charge in [0.15, 0.2) is 0 Å². The van der Waals surface area contributed by atoms with Crippen molar-refractivity contribution in [3.8, 4) is 0 Å². The number of nitrogens with zero attached hydrogens (tertiary/aromatic N) is 3. The Morgan fingerprint density at radius 3 is 2.64 bits per heavy atom. The highest BCUT2D eigenvalue weighted by molar-refractivity contribution is 5.76. The molecule has 3 rings (SSSR count). The lowest BCUT2D eigenvalue weighted by Crippen LogP contribution is -2.38. The molecule has 0 saturated heterocycles. The molecule has 1 amide bonds. The molecule has 2 aromatic heterocycles. The van der Waals surface area contributed by atoms with Crippen molar-refractivity contribution in [1.82, 2.24) is 19.5 Å². The summed E-state index contributed by atoms with van der Waals surface area (Å²) >= 11 is 0. The Bertz CT molecular complexity index is 944. The molecular formula is C18H19FN4O2. The monoisotopic (exact) mass is 342 g/mol. The van der Waals surface area contributed by atoms with Gasteiger partial charge in [-0.3, -0.25) is 9.20 Å². The van der Waals surface area contributed by atoms with Crippen LogP contribution in [0, 0.1) is 11.7 Å². The predicted octanol–water partition coefficient (Wildman–Crippen LogP) is 2.15. The zero-order chi connectivity index (χ0) is 18.0. The summed E-state index contributed by atoms with van der Waals surface area (Å²) in [6, 6.07) is 9.26. The highest BCUT2D eigenvalue weighted by Crippen LogP contribution is 2.21. The summed E-state index contributed by atoms with van der Waals surface area (Å²) in [5.74, 6) is -0.552. The van der Waals surface area contributed by atoms with E-state index in [0.29, 0.717) is 5.52 Å². The van der Waals surface area contributed by atoms with Crippen LogP contribution >= 0.6 is 0 Å². The smallest absolute Gasteiger partial charge is 0.347 e. The van der Waals surface area contributed by atoms with Crippen LogP contribution in [0.5, 0.6) is 0 Å². The molecule has 0 spiro atoms. The number of hydrogen-bond acceptors (Lipinski definition) is 3. The number of carbonyl (C=O) groups is 1. The van der Waals surface area contributed by atoms with E-state index >= 15 is 0 Å². The van der Waals surface area contributed by atoms with E-state index in [4.69, 9.17) is 0 Å². The molecule has 1 atom stereocenters. The highest BCUT2D eigenvalue weighted by Gasteiger charge is 2.19. The number of amides is 1. The lowest BCUT2D eigenvalue weighted by atomic mass is 9.96. The Hall–Kier alpha value is -2.96. The fourth-order valence-electron chi connectivity index (χ4n) is 2.74. The van der Waals surface area contributed by atoms with E-state index in [9.17, 15) is 14.0 Å². The van der Waals surface area contributed by atoms with Gasteiger partial charge in [0.05, 0.1) is 17.8 Å². The normalized spacial score (nSPS) is 12.5. The van der Waals surface area contributed by atoms with Gasteiger partial charge in [0.2, 0.25) is 5.91 Å². The molecular weight excluding hydrogens is 323 g/mol. The lowest BCUT2D eigenvalue weighted by Gasteiger charge is -2.23. The van der Waals surface area contributed by atoms with E-state index in [1.807, 2.05) is 13.8 Å². The third-order valence-corrected chi connectivity index (χ3v) is 4.04. The van der Waals surface area contributed by atoms with Gasteiger partial charge >= 0.3 is 5.69 Å². The van der Waals surface area contributed by atoms with Crippen molar-refractivity contribution in [1.29, 1.82) is 0 Å². The van der Waals surface area contributed by atoms with Gasteiger partial charge in [-0.2, -0.15) is 5.10 Å². The molecule has 3 aromatic rings. The van der Waals surface area contributed by atoms with Gasteiger partial charge in [-0.25, -0.2) is 13.9 Å². The summed E-state index contributed by atoms with van der Waals surface area (Å²) in [4.78, 5) is 24.7. The van der Waals surface area contributed by atoms with Gasteiger partial charge < -0.3 is 5.32 Å². The summed E-state index contributed by atoms with van der Waals surface area (Å²) in [7, 11) is 0. The molecule has 1 N–H and O–H groups in total. The Balaban J connectivity index is 1.78. The summed E-state index contributed by atoms with van der Waals surface area (Å²) < 4.78 is 15.7. The second-order valence-corrected chi connectivity index (χ2v) is 6.23. The maximum Gasteiger partial charge on any atom is 0.349 e. The SMILES string of the molecule is CC(C)[C@H](NC(=O)Cn1ncc2cccn2c1=O)c1ccc(F)cc1. The van der Waals surface area contributed by atoms with E-state index in [1.165, 1.54) is 22.7 Å². The number of nitrogens with one attached hydrogen (secondary N) is 1. The van der Waals surface area contributed by atoms with E-state index in [1.54, 1.807) is 30.5 Å². The average Bonchev–Trinajstić information content (AvgIpc) is 3.05. The summed E-state index contributed by atoms with van der Waals surface area (Å²) in [5.41, 5.74) is 1.11. The first kappa shape index (κ1) is 16.9. The summed E-state index contributed by atoms with van der Waals surface area (Å²) in [6.07, 6.45) is 3.16. The van der Waals surface area contributed by atoms with Crippen LogP contribution in [-0.4, -0.2) is 20.1 Å². The summed E-state index contributed by atoms with van der Waals surface area (Å²) in [5, 5.41) is 6.93. The minimum atomic E-state index is -0.375. The number of benzene rings is 1. The Morgan fingerprint density at radius 2 is 1.96 bits per heavy atom. The van der Waals surface area contributed by atoms with Gasteiger partial charge in [0.25, 0.3) is 0 Å². The van der Waals surface area contributed by atoms with Crippen LogP contribution in [0.3, 0.4) is 0 Å². The number of halogens is 1. The molecule has 2 heterocycles. The first-order valence-corrected chi connectivity index (χ1v) is 8.03.